The first-order valence-electron chi connectivity index (χ1n) is 6.46. The molecule has 1 aromatic carbocycles. The second-order valence-electron chi connectivity index (χ2n) is 4.82. The van der Waals surface area contributed by atoms with E-state index in [1.807, 2.05) is 34.7 Å². The number of benzene rings is 1. The molecular formula is C13H18IN3O2. The van der Waals surface area contributed by atoms with Crippen LogP contribution in [0, 0.1) is 13.7 Å². The van der Waals surface area contributed by atoms with Gasteiger partial charge in [-0.3, -0.25) is 15.0 Å². The Bertz CT molecular complexity index is 481. The molecule has 0 spiro atoms. The molecule has 6 heteroatoms. The minimum atomic E-state index is -0.330. The summed E-state index contributed by atoms with van der Waals surface area (Å²) in [6.45, 7) is 8.48. The van der Waals surface area contributed by atoms with E-state index in [4.69, 9.17) is 0 Å². The highest BCUT2D eigenvalue weighted by molar-refractivity contribution is 14.1. The lowest BCUT2D eigenvalue weighted by Gasteiger charge is -2.40. The lowest BCUT2D eigenvalue weighted by molar-refractivity contribution is -0.385. The van der Waals surface area contributed by atoms with Crippen molar-refractivity contribution in [2.75, 3.05) is 31.1 Å². The van der Waals surface area contributed by atoms with Gasteiger partial charge in [0.2, 0.25) is 0 Å². The molecule has 1 saturated heterocycles. The number of nitro benzene ring substituents is 1. The second kappa shape index (κ2) is 6.04. The molecule has 0 aromatic heterocycles. The molecule has 0 N–H and O–H groups in total. The minimum absolute atomic E-state index is 0.185. The normalized spacial score (nSPS) is 20.6. The standard InChI is InChI=1S/C13H18IN3O2/c1-3-15-6-7-16(9-10(15)2)11-4-5-13(17(18)19)12(14)8-11/h4-5,8,10H,3,6-7,9H2,1-2H3. The zero-order valence-corrected chi connectivity index (χ0v) is 13.3. The topological polar surface area (TPSA) is 49.6 Å². The van der Waals surface area contributed by atoms with E-state index in [1.54, 1.807) is 6.07 Å². The van der Waals surface area contributed by atoms with Gasteiger partial charge in [-0.25, -0.2) is 0 Å². The van der Waals surface area contributed by atoms with Crippen LogP contribution in [0.1, 0.15) is 13.8 Å². The molecule has 0 bridgehead atoms. The Labute approximate surface area is 126 Å². The zero-order chi connectivity index (χ0) is 14.0. The number of anilines is 1. The maximum atomic E-state index is 10.8. The predicted octanol–water partition coefficient (Wildman–Crippen LogP) is 2.73. The second-order valence-corrected chi connectivity index (χ2v) is 5.98. The van der Waals surface area contributed by atoms with E-state index >= 15 is 0 Å². The molecule has 19 heavy (non-hydrogen) atoms. The van der Waals surface area contributed by atoms with Gasteiger partial charge >= 0.3 is 0 Å². The fourth-order valence-corrected chi connectivity index (χ4v) is 3.24. The van der Waals surface area contributed by atoms with Crippen molar-refractivity contribution in [2.24, 2.45) is 0 Å². The average Bonchev–Trinajstić information content (AvgIpc) is 2.38. The van der Waals surface area contributed by atoms with Gasteiger partial charge in [0.25, 0.3) is 5.69 Å². The fourth-order valence-electron chi connectivity index (χ4n) is 2.54. The number of nitrogens with zero attached hydrogens (tertiary/aromatic N) is 3. The molecule has 1 atom stereocenters. The van der Waals surface area contributed by atoms with E-state index in [0.717, 1.165) is 31.9 Å². The Morgan fingerprint density at radius 2 is 2.21 bits per heavy atom. The van der Waals surface area contributed by atoms with Gasteiger partial charge in [0.1, 0.15) is 0 Å². The van der Waals surface area contributed by atoms with Crippen molar-refractivity contribution in [2.45, 2.75) is 19.9 Å². The van der Waals surface area contributed by atoms with Gasteiger partial charge in [0.05, 0.1) is 8.49 Å². The number of rotatable bonds is 3. The lowest BCUT2D eigenvalue weighted by atomic mass is 10.1. The van der Waals surface area contributed by atoms with E-state index in [1.165, 1.54) is 0 Å². The smallest absolute Gasteiger partial charge is 0.282 e. The molecule has 0 amide bonds. The van der Waals surface area contributed by atoms with Gasteiger partial charge in [-0.2, -0.15) is 0 Å². The summed E-state index contributed by atoms with van der Waals surface area (Å²) in [5, 5.41) is 10.8. The van der Waals surface area contributed by atoms with Crippen LogP contribution >= 0.6 is 22.6 Å². The van der Waals surface area contributed by atoms with Crippen LogP contribution in [0.25, 0.3) is 0 Å². The predicted molar refractivity (Wildman–Crippen MR) is 84.7 cm³/mol. The number of halogens is 1. The number of hydrogen-bond acceptors (Lipinski definition) is 4. The molecule has 1 fully saturated rings. The molecular weight excluding hydrogens is 357 g/mol. The summed E-state index contributed by atoms with van der Waals surface area (Å²) in [7, 11) is 0. The van der Waals surface area contributed by atoms with E-state index in [-0.39, 0.29) is 10.6 Å². The molecule has 0 saturated carbocycles. The third-order valence-corrected chi connectivity index (χ3v) is 4.53. The van der Waals surface area contributed by atoms with E-state index in [0.29, 0.717) is 9.61 Å². The summed E-state index contributed by atoms with van der Waals surface area (Å²) in [5.74, 6) is 0. The molecule has 104 valence electrons. The Balaban J connectivity index is 2.15. The maximum Gasteiger partial charge on any atom is 0.282 e. The summed E-state index contributed by atoms with van der Waals surface area (Å²) in [6, 6.07) is 5.89. The molecule has 1 unspecified atom stereocenters. The highest BCUT2D eigenvalue weighted by atomic mass is 127. The molecule has 1 aliphatic heterocycles. The van der Waals surface area contributed by atoms with Crippen LogP contribution in [0.15, 0.2) is 18.2 Å². The van der Waals surface area contributed by atoms with Gasteiger partial charge in [0, 0.05) is 37.4 Å². The van der Waals surface area contributed by atoms with Crippen LogP contribution in [0.2, 0.25) is 0 Å². The molecule has 1 aromatic rings. The number of piperazine rings is 1. The summed E-state index contributed by atoms with van der Waals surface area (Å²) >= 11 is 2.04. The molecule has 1 aliphatic rings. The summed E-state index contributed by atoms with van der Waals surface area (Å²) in [5.41, 5.74) is 1.27. The Kier molecular flexibility index (Phi) is 4.62. The maximum absolute atomic E-state index is 10.8. The first-order valence-corrected chi connectivity index (χ1v) is 7.53. The third-order valence-electron chi connectivity index (χ3n) is 3.66. The van der Waals surface area contributed by atoms with Crippen LogP contribution in [-0.4, -0.2) is 42.0 Å². The van der Waals surface area contributed by atoms with Gasteiger partial charge in [-0.15, -0.1) is 0 Å². The van der Waals surface area contributed by atoms with Crippen molar-refractivity contribution in [1.29, 1.82) is 0 Å². The Hall–Kier alpha value is -0.890. The lowest BCUT2D eigenvalue weighted by Crippen LogP contribution is -2.51. The van der Waals surface area contributed by atoms with Crippen molar-refractivity contribution >= 4 is 34.0 Å². The summed E-state index contributed by atoms with van der Waals surface area (Å²) in [6.07, 6.45) is 0. The van der Waals surface area contributed by atoms with E-state index < -0.39 is 0 Å². The first kappa shape index (κ1) is 14.5. The van der Waals surface area contributed by atoms with Crippen molar-refractivity contribution in [3.63, 3.8) is 0 Å². The zero-order valence-electron chi connectivity index (χ0n) is 11.2. The van der Waals surface area contributed by atoms with Crippen molar-refractivity contribution in [1.82, 2.24) is 4.90 Å². The number of hydrogen-bond donors (Lipinski definition) is 0. The van der Waals surface area contributed by atoms with Gasteiger partial charge in [-0.05, 0) is 48.2 Å². The molecule has 0 aliphatic carbocycles. The molecule has 2 rings (SSSR count). The van der Waals surface area contributed by atoms with Crippen LogP contribution in [-0.2, 0) is 0 Å². The monoisotopic (exact) mass is 375 g/mol. The van der Waals surface area contributed by atoms with Crippen LogP contribution in [0.5, 0.6) is 0 Å². The Morgan fingerprint density at radius 3 is 2.74 bits per heavy atom. The quantitative estimate of drug-likeness (QED) is 0.463. The van der Waals surface area contributed by atoms with E-state index in [9.17, 15) is 10.1 Å². The fraction of sp³-hybridized carbons (Fsp3) is 0.538. The van der Waals surface area contributed by atoms with Gasteiger partial charge < -0.3 is 4.90 Å². The van der Waals surface area contributed by atoms with Crippen LogP contribution in [0.3, 0.4) is 0 Å². The molecule has 0 radical (unpaired) electrons. The van der Waals surface area contributed by atoms with Crippen molar-refractivity contribution in [3.05, 3.63) is 31.9 Å². The van der Waals surface area contributed by atoms with Crippen molar-refractivity contribution < 1.29 is 4.92 Å². The van der Waals surface area contributed by atoms with Crippen LogP contribution < -0.4 is 4.90 Å². The molecule has 5 nitrogen and oxygen atoms in total. The number of likely N-dealkylation sites (N-methyl/N-ethyl adjacent to an activating group) is 1. The first-order chi connectivity index (χ1) is 9.02. The highest BCUT2D eigenvalue weighted by Crippen LogP contribution is 2.27. The number of nitro groups is 1. The van der Waals surface area contributed by atoms with Gasteiger partial charge in [-0.1, -0.05) is 6.92 Å². The van der Waals surface area contributed by atoms with E-state index in [2.05, 4.69) is 23.6 Å². The SMILES string of the molecule is CCN1CCN(c2ccc([N+](=O)[O-])c(I)c2)CC1C. The molecule has 1 heterocycles. The minimum Gasteiger partial charge on any atom is -0.369 e. The van der Waals surface area contributed by atoms with Crippen LogP contribution in [0.4, 0.5) is 11.4 Å². The third kappa shape index (κ3) is 3.17. The Morgan fingerprint density at radius 1 is 1.47 bits per heavy atom. The summed E-state index contributed by atoms with van der Waals surface area (Å²) < 4.78 is 0.700. The average molecular weight is 375 g/mol. The van der Waals surface area contributed by atoms with Gasteiger partial charge in [0.15, 0.2) is 0 Å². The van der Waals surface area contributed by atoms with Crippen molar-refractivity contribution in [3.8, 4) is 0 Å². The largest absolute Gasteiger partial charge is 0.369 e. The highest BCUT2D eigenvalue weighted by Gasteiger charge is 2.23. The summed E-state index contributed by atoms with van der Waals surface area (Å²) in [4.78, 5) is 15.3.